The molecule has 0 bridgehead atoms. The molecule has 1 atom stereocenters. The highest BCUT2D eigenvalue weighted by molar-refractivity contribution is 14.1. The monoisotopic (exact) mass is 489 g/mol. The van der Waals surface area contributed by atoms with Crippen molar-refractivity contribution in [3.63, 3.8) is 0 Å². The third-order valence-corrected chi connectivity index (χ3v) is 4.96. The van der Waals surface area contributed by atoms with Crippen LogP contribution in [0.25, 0.3) is 0 Å². The van der Waals surface area contributed by atoms with E-state index in [9.17, 15) is 9.59 Å². The van der Waals surface area contributed by atoms with Gasteiger partial charge in [-0.15, -0.1) is 5.10 Å². The Morgan fingerprint density at radius 1 is 1.54 bits per heavy atom. The van der Waals surface area contributed by atoms with Gasteiger partial charge in [-0.2, -0.15) is 5.10 Å². The molecule has 1 fully saturated rings. The third-order valence-electron chi connectivity index (χ3n) is 3.09. The summed E-state index contributed by atoms with van der Waals surface area (Å²) in [6.45, 7) is 3.98. The summed E-state index contributed by atoms with van der Waals surface area (Å²) in [5.74, 6) is -0.251. The highest BCUT2D eigenvalue weighted by Gasteiger charge is 2.32. The van der Waals surface area contributed by atoms with Crippen LogP contribution in [0.1, 0.15) is 12.0 Å². The molecule has 1 amide bonds. The molecule has 0 saturated carbocycles. The van der Waals surface area contributed by atoms with E-state index >= 15 is 0 Å². The molecular formula is C16H16IN3O5S. The molecule has 1 saturated heterocycles. The fourth-order valence-corrected chi connectivity index (χ4v) is 3.69. The van der Waals surface area contributed by atoms with Crippen LogP contribution in [0, 0.1) is 3.57 Å². The first-order valence-electron chi connectivity index (χ1n) is 7.36. The van der Waals surface area contributed by atoms with E-state index in [1.54, 1.807) is 19.3 Å². The predicted octanol–water partition coefficient (Wildman–Crippen LogP) is 2.26. The summed E-state index contributed by atoms with van der Waals surface area (Å²) in [5.41, 5.74) is 0.734. The molecule has 1 aliphatic heterocycles. The Labute approximate surface area is 167 Å². The van der Waals surface area contributed by atoms with E-state index in [0.717, 1.165) is 20.9 Å². The Bertz CT molecular complexity index is 781. The van der Waals surface area contributed by atoms with Crippen molar-refractivity contribution in [2.75, 3.05) is 13.7 Å². The maximum Gasteiger partial charge on any atom is 0.305 e. The Morgan fingerprint density at radius 3 is 2.96 bits per heavy atom. The van der Waals surface area contributed by atoms with Gasteiger partial charge < -0.3 is 19.9 Å². The number of carbonyl (C=O) groups is 2. The summed E-state index contributed by atoms with van der Waals surface area (Å²) in [4.78, 5) is 22.3. The highest BCUT2D eigenvalue weighted by atomic mass is 127. The molecule has 1 unspecified atom stereocenters. The Kier molecular flexibility index (Phi) is 7.45. The molecule has 0 radical (unpaired) electrons. The number of ether oxygens (including phenoxy) is 2. The van der Waals surface area contributed by atoms with Crippen molar-refractivity contribution in [2.24, 2.45) is 10.2 Å². The molecule has 1 aromatic carbocycles. The van der Waals surface area contributed by atoms with E-state index in [0.29, 0.717) is 18.1 Å². The number of amides is 1. The number of carboxylic acids is 1. The van der Waals surface area contributed by atoms with E-state index in [2.05, 4.69) is 44.7 Å². The van der Waals surface area contributed by atoms with Gasteiger partial charge in [-0.05, 0) is 40.3 Å². The fraction of sp³-hybridized carbons (Fsp3) is 0.250. The lowest BCUT2D eigenvalue weighted by molar-refractivity contribution is -0.138. The zero-order chi connectivity index (χ0) is 19.1. The van der Waals surface area contributed by atoms with Crippen LogP contribution >= 0.6 is 34.4 Å². The smallest absolute Gasteiger partial charge is 0.305 e. The van der Waals surface area contributed by atoms with Gasteiger partial charge in [0.15, 0.2) is 16.7 Å². The SMILES string of the molecule is C=CCOc1c(I)cc(C=N/N=C2\NC(=O)C(CC(=O)O)S2)cc1OC. The van der Waals surface area contributed by atoms with Crippen LogP contribution in [0.3, 0.4) is 0 Å². The number of carboxylic acid groups (broad SMARTS) is 1. The maximum atomic E-state index is 11.6. The second kappa shape index (κ2) is 9.57. The minimum atomic E-state index is -1.04. The maximum absolute atomic E-state index is 11.6. The minimum absolute atomic E-state index is 0.263. The number of methoxy groups -OCH3 is 1. The summed E-state index contributed by atoms with van der Waals surface area (Å²) >= 11 is 3.17. The van der Waals surface area contributed by atoms with E-state index in [-0.39, 0.29) is 17.5 Å². The van der Waals surface area contributed by atoms with Gasteiger partial charge in [-0.1, -0.05) is 24.4 Å². The first kappa shape index (κ1) is 20.2. The summed E-state index contributed by atoms with van der Waals surface area (Å²) in [7, 11) is 1.54. The molecule has 2 N–H and O–H groups in total. The van der Waals surface area contributed by atoms with E-state index in [4.69, 9.17) is 14.6 Å². The molecule has 26 heavy (non-hydrogen) atoms. The average molecular weight is 489 g/mol. The highest BCUT2D eigenvalue weighted by Crippen LogP contribution is 2.33. The molecule has 10 heteroatoms. The number of nitrogens with one attached hydrogen (secondary N) is 1. The van der Waals surface area contributed by atoms with Crippen molar-refractivity contribution in [1.82, 2.24) is 5.32 Å². The third kappa shape index (κ3) is 5.46. The van der Waals surface area contributed by atoms with Gasteiger partial charge in [0.2, 0.25) is 5.91 Å². The number of halogens is 1. The summed E-state index contributed by atoms with van der Waals surface area (Å²) in [6, 6.07) is 3.59. The lowest BCUT2D eigenvalue weighted by Gasteiger charge is -2.12. The molecule has 0 aliphatic carbocycles. The Morgan fingerprint density at radius 2 is 2.31 bits per heavy atom. The molecule has 1 aromatic rings. The molecule has 0 aromatic heterocycles. The van der Waals surface area contributed by atoms with Crippen molar-refractivity contribution in [2.45, 2.75) is 11.7 Å². The number of nitrogens with zero attached hydrogens (tertiary/aromatic N) is 2. The molecule has 2 rings (SSSR count). The zero-order valence-corrected chi connectivity index (χ0v) is 16.7. The second-order valence-electron chi connectivity index (χ2n) is 4.98. The fourth-order valence-electron chi connectivity index (χ4n) is 1.99. The van der Waals surface area contributed by atoms with Crippen LogP contribution in [0.15, 0.2) is 35.0 Å². The number of carbonyl (C=O) groups excluding carboxylic acids is 1. The molecular weight excluding hydrogens is 473 g/mol. The van der Waals surface area contributed by atoms with Crippen LogP contribution < -0.4 is 14.8 Å². The number of benzene rings is 1. The van der Waals surface area contributed by atoms with Crippen LogP contribution in [0.4, 0.5) is 0 Å². The predicted molar refractivity (Wildman–Crippen MR) is 108 cm³/mol. The standard InChI is InChI=1S/C16H16IN3O5S/c1-3-4-25-14-10(17)5-9(6-11(14)24-2)8-18-20-16-19-15(23)12(26-16)7-13(21)22/h3,5-6,8,12H,1,4,7H2,2H3,(H,21,22)(H,19,20,23). The number of amidine groups is 1. The first-order valence-corrected chi connectivity index (χ1v) is 9.32. The van der Waals surface area contributed by atoms with E-state index in [1.165, 1.54) is 6.21 Å². The molecule has 1 aliphatic rings. The number of rotatable bonds is 8. The second-order valence-corrected chi connectivity index (χ2v) is 7.33. The Hall–Kier alpha value is -2.08. The summed E-state index contributed by atoms with van der Waals surface area (Å²) in [5, 5.41) is 18.7. The lowest BCUT2D eigenvalue weighted by Crippen LogP contribution is -2.26. The molecule has 8 nitrogen and oxygen atoms in total. The van der Waals surface area contributed by atoms with E-state index < -0.39 is 11.2 Å². The van der Waals surface area contributed by atoms with Crippen LogP contribution in [0.2, 0.25) is 0 Å². The normalized spacial score (nSPS) is 18.2. The van der Waals surface area contributed by atoms with Crippen LogP contribution in [0.5, 0.6) is 11.5 Å². The van der Waals surface area contributed by atoms with Crippen molar-refractivity contribution in [1.29, 1.82) is 0 Å². The van der Waals surface area contributed by atoms with Crippen LogP contribution in [-0.2, 0) is 9.59 Å². The van der Waals surface area contributed by atoms with Crippen molar-refractivity contribution >= 4 is 57.6 Å². The zero-order valence-electron chi connectivity index (χ0n) is 13.8. The van der Waals surface area contributed by atoms with Gasteiger partial charge >= 0.3 is 5.97 Å². The topological polar surface area (TPSA) is 110 Å². The summed E-state index contributed by atoms with van der Waals surface area (Å²) < 4.78 is 11.7. The number of hydrogen-bond donors (Lipinski definition) is 2. The largest absolute Gasteiger partial charge is 0.493 e. The van der Waals surface area contributed by atoms with Gasteiger partial charge in [0.25, 0.3) is 0 Å². The molecule has 1 heterocycles. The number of hydrogen-bond acceptors (Lipinski definition) is 7. The average Bonchev–Trinajstić information content (AvgIpc) is 2.92. The quantitative estimate of drug-likeness (QED) is 0.251. The summed E-state index contributed by atoms with van der Waals surface area (Å²) in [6.07, 6.45) is 2.89. The number of thioether (sulfide) groups is 1. The van der Waals surface area contributed by atoms with Gasteiger partial charge in [0.1, 0.15) is 11.9 Å². The lowest BCUT2D eigenvalue weighted by atomic mass is 10.2. The molecule has 138 valence electrons. The molecule has 0 spiro atoms. The number of aliphatic carboxylic acids is 1. The Balaban J connectivity index is 2.11. The minimum Gasteiger partial charge on any atom is -0.493 e. The van der Waals surface area contributed by atoms with Crippen molar-refractivity contribution in [3.05, 3.63) is 33.9 Å². The first-order chi connectivity index (χ1) is 12.4. The van der Waals surface area contributed by atoms with E-state index in [1.807, 2.05) is 6.07 Å². The van der Waals surface area contributed by atoms with Crippen LogP contribution in [-0.4, -0.2) is 47.3 Å². The van der Waals surface area contributed by atoms with Gasteiger partial charge in [0.05, 0.1) is 23.3 Å². The van der Waals surface area contributed by atoms with Crippen molar-refractivity contribution in [3.8, 4) is 11.5 Å². The van der Waals surface area contributed by atoms with Crippen molar-refractivity contribution < 1.29 is 24.2 Å². The van der Waals surface area contributed by atoms with Gasteiger partial charge in [0, 0.05) is 0 Å². The van der Waals surface area contributed by atoms with Gasteiger partial charge in [-0.3, -0.25) is 9.59 Å². The van der Waals surface area contributed by atoms with Gasteiger partial charge in [-0.25, -0.2) is 0 Å².